The molecule has 344 valence electrons. The van der Waals surface area contributed by atoms with Crippen LogP contribution in [0.3, 0.4) is 0 Å². The third-order valence-electron chi connectivity index (χ3n) is 10.6. The highest BCUT2D eigenvalue weighted by Gasteiger charge is 2.32. The van der Waals surface area contributed by atoms with E-state index < -0.39 is 18.1 Å². The van der Waals surface area contributed by atoms with Gasteiger partial charge in [0.1, 0.15) is 24.4 Å². The van der Waals surface area contributed by atoms with Gasteiger partial charge < -0.3 is 54.4 Å². The molecule has 0 spiro atoms. The molecule has 2 saturated heterocycles. The lowest BCUT2D eigenvalue weighted by molar-refractivity contribution is -0.137. The number of ether oxygens (including phenoxy) is 3. The molecule has 2 aliphatic heterocycles. The van der Waals surface area contributed by atoms with E-state index in [2.05, 4.69) is 31.9 Å². The van der Waals surface area contributed by atoms with Crippen LogP contribution in [0.15, 0.2) is 36.7 Å². The molecule has 2 unspecified atom stereocenters. The van der Waals surface area contributed by atoms with Crippen LogP contribution in [0.4, 0.5) is 17.8 Å². The second kappa shape index (κ2) is 23.8. The number of nitrogens with one attached hydrogen (secondary N) is 1. The van der Waals surface area contributed by atoms with E-state index in [1.807, 2.05) is 9.80 Å². The molecule has 0 saturated carbocycles. The monoisotopic (exact) mass is 888 g/mol. The van der Waals surface area contributed by atoms with Gasteiger partial charge in [-0.15, -0.1) is 16.6 Å². The highest BCUT2D eigenvalue weighted by atomic mass is 16.5. The topological polar surface area (TPSA) is 265 Å². The summed E-state index contributed by atoms with van der Waals surface area (Å²) in [5.41, 5.74) is 1.92. The molecule has 64 heavy (non-hydrogen) atoms. The Kier molecular flexibility index (Phi) is 17.5. The van der Waals surface area contributed by atoms with Crippen molar-refractivity contribution in [1.82, 2.24) is 54.7 Å². The van der Waals surface area contributed by atoms with Gasteiger partial charge in [0, 0.05) is 97.2 Å². The van der Waals surface area contributed by atoms with E-state index in [0.29, 0.717) is 134 Å². The van der Waals surface area contributed by atoms with E-state index in [-0.39, 0.29) is 43.6 Å². The molecule has 23 nitrogen and oxygen atoms in total. The summed E-state index contributed by atoms with van der Waals surface area (Å²) in [6.45, 7) is 7.59. The number of phenols is 1. The first kappa shape index (κ1) is 47.0. The van der Waals surface area contributed by atoms with Crippen LogP contribution >= 0.6 is 0 Å². The molecule has 2 fully saturated rings. The highest BCUT2D eigenvalue weighted by Crippen LogP contribution is 2.24. The van der Waals surface area contributed by atoms with Gasteiger partial charge >= 0.3 is 5.97 Å². The molecule has 6 rings (SSSR count). The fourth-order valence-electron chi connectivity index (χ4n) is 7.06. The largest absolute Gasteiger partial charge is 0.508 e. The summed E-state index contributed by atoms with van der Waals surface area (Å²) in [6.07, 6.45) is 9.25. The summed E-state index contributed by atoms with van der Waals surface area (Å²) in [6, 6.07) is 5.36. The Balaban J connectivity index is 1.09. The SMILES string of the molecule is C#CCOCCOCCOCCNc1nc(N2CCN(C(=O)C(C)n3cc(CCC(=O)O)nn3)CC2)nc(N2CCN(C(=O)C(Cc3ccc(O)cc3)n3cc(CCO)nn3)CC2)n1. The fraction of sp³-hybridized carbons (Fsp3) is 0.561. The maximum Gasteiger partial charge on any atom is 0.303 e. The van der Waals surface area contributed by atoms with Crippen LogP contribution in [-0.4, -0.2) is 193 Å². The number of amides is 2. The van der Waals surface area contributed by atoms with Crippen LogP contribution in [0, 0.1) is 12.3 Å². The number of aliphatic hydroxyl groups excluding tert-OH is 1. The number of carbonyl (C=O) groups excluding carboxylic acids is 2. The van der Waals surface area contributed by atoms with Crippen LogP contribution in [0.2, 0.25) is 0 Å². The number of aromatic hydroxyl groups is 1. The molecule has 1 aromatic carbocycles. The molecular weight excluding hydrogens is 833 g/mol. The smallest absolute Gasteiger partial charge is 0.303 e. The predicted octanol–water partition coefficient (Wildman–Crippen LogP) is -0.550. The van der Waals surface area contributed by atoms with Crippen LogP contribution in [0.25, 0.3) is 0 Å². The van der Waals surface area contributed by atoms with Gasteiger partial charge in [-0.25, -0.2) is 9.36 Å². The number of piperazine rings is 2. The molecule has 3 aromatic heterocycles. The number of hydrogen-bond acceptors (Lipinski definition) is 18. The van der Waals surface area contributed by atoms with E-state index >= 15 is 0 Å². The molecule has 2 aliphatic rings. The van der Waals surface area contributed by atoms with Gasteiger partial charge in [-0.2, -0.15) is 15.0 Å². The number of carbonyl (C=O) groups is 3. The molecule has 0 aliphatic carbocycles. The third kappa shape index (κ3) is 13.5. The zero-order valence-corrected chi connectivity index (χ0v) is 35.9. The summed E-state index contributed by atoms with van der Waals surface area (Å²) in [4.78, 5) is 60.7. The van der Waals surface area contributed by atoms with E-state index in [0.717, 1.165) is 5.56 Å². The number of aromatic nitrogens is 9. The summed E-state index contributed by atoms with van der Waals surface area (Å²) >= 11 is 0. The number of phenolic OH excluding ortho intramolecular Hbond substituents is 1. The number of nitrogens with zero attached hydrogens (tertiary/aromatic N) is 13. The Morgan fingerprint density at radius 3 is 1.94 bits per heavy atom. The molecule has 23 heteroatoms. The predicted molar refractivity (Wildman–Crippen MR) is 230 cm³/mol. The molecule has 4 aromatic rings. The normalized spacial score (nSPS) is 15.2. The van der Waals surface area contributed by atoms with Crippen LogP contribution < -0.4 is 15.1 Å². The van der Waals surface area contributed by atoms with Crippen molar-refractivity contribution in [3.63, 3.8) is 0 Å². The number of aliphatic carboxylic acids is 1. The van der Waals surface area contributed by atoms with Crippen molar-refractivity contribution in [2.75, 3.05) is 120 Å². The standard InChI is InChI=1S/C41H56N14O9/c1-3-21-62-23-25-64-26-24-63-22-11-42-39-43-40(52-16-12-50(13-17-52)37(60)30(2)54-28-32(46-48-54)6-9-36(58)59)45-41(44-39)53-18-14-51(15-19-53)38(61)35(27-31-4-7-34(57)8-5-31)55-29-33(10-20-56)47-49-55/h1,4-5,7-8,28-30,35,56-57H,6,9-27H2,2H3,(H,58,59)(H,42,43,44,45). The van der Waals surface area contributed by atoms with E-state index in [9.17, 15) is 24.6 Å². The highest BCUT2D eigenvalue weighted by molar-refractivity contribution is 5.81. The lowest BCUT2D eigenvalue weighted by atomic mass is 10.0. The molecular formula is C41H56N14O9. The summed E-state index contributed by atoms with van der Waals surface area (Å²) < 4.78 is 19.4. The molecule has 5 heterocycles. The van der Waals surface area contributed by atoms with Crippen molar-refractivity contribution >= 4 is 35.6 Å². The number of carboxylic acid groups (broad SMARTS) is 1. The minimum Gasteiger partial charge on any atom is -0.508 e. The molecule has 4 N–H and O–H groups in total. The van der Waals surface area contributed by atoms with Crippen molar-refractivity contribution < 1.29 is 43.9 Å². The van der Waals surface area contributed by atoms with Crippen molar-refractivity contribution in [1.29, 1.82) is 0 Å². The Hall–Kier alpha value is -6.48. The number of aliphatic hydroxyl groups is 1. The number of terminal acetylenes is 1. The quantitative estimate of drug-likeness (QED) is 0.0508. The third-order valence-corrected chi connectivity index (χ3v) is 10.6. The zero-order chi connectivity index (χ0) is 45.3. The maximum atomic E-state index is 14.2. The number of benzene rings is 1. The number of aryl methyl sites for hydroxylation is 1. The Morgan fingerprint density at radius 1 is 0.766 bits per heavy atom. The van der Waals surface area contributed by atoms with Crippen molar-refractivity contribution in [2.45, 2.75) is 44.7 Å². The maximum absolute atomic E-state index is 14.2. The van der Waals surface area contributed by atoms with Gasteiger partial charge in [-0.05, 0) is 24.6 Å². The molecule has 2 amide bonds. The minimum atomic E-state index is -0.933. The van der Waals surface area contributed by atoms with Gasteiger partial charge in [0.05, 0.1) is 50.8 Å². The van der Waals surface area contributed by atoms with Gasteiger partial charge in [0.15, 0.2) is 0 Å². The summed E-state index contributed by atoms with van der Waals surface area (Å²) in [5.74, 6) is 2.54. The number of hydrogen-bond donors (Lipinski definition) is 4. The number of rotatable bonds is 24. The van der Waals surface area contributed by atoms with E-state index in [4.69, 9.17) is 40.7 Å². The zero-order valence-electron chi connectivity index (χ0n) is 35.9. The summed E-state index contributed by atoms with van der Waals surface area (Å²) in [5, 5.41) is 48.0. The van der Waals surface area contributed by atoms with Gasteiger partial charge in [-0.3, -0.25) is 14.4 Å². The van der Waals surface area contributed by atoms with Gasteiger partial charge in [0.2, 0.25) is 29.7 Å². The molecule has 0 radical (unpaired) electrons. The fourth-order valence-corrected chi connectivity index (χ4v) is 7.06. The molecule has 0 bridgehead atoms. The van der Waals surface area contributed by atoms with Crippen molar-refractivity contribution in [3.8, 4) is 18.1 Å². The van der Waals surface area contributed by atoms with Crippen LogP contribution in [0.1, 0.15) is 42.4 Å². The Labute approximate surface area is 370 Å². The van der Waals surface area contributed by atoms with E-state index in [1.165, 1.54) is 4.68 Å². The first-order valence-corrected chi connectivity index (χ1v) is 21.3. The van der Waals surface area contributed by atoms with Gasteiger partial charge in [-0.1, -0.05) is 28.5 Å². The second-order valence-corrected chi connectivity index (χ2v) is 15.1. The van der Waals surface area contributed by atoms with E-state index in [1.54, 1.807) is 58.1 Å². The van der Waals surface area contributed by atoms with Crippen LogP contribution in [0.5, 0.6) is 5.75 Å². The number of carboxylic acids is 1. The summed E-state index contributed by atoms with van der Waals surface area (Å²) in [7, 11) is 0. The second-order valence-electron chi connectivity index (χ2n) is 15.1. The Bertz CT molecular complexity index is 2150. The minimum absolute atomic E-state index is 0.0775. The number of anilines is 3. The first-order valence-electron chi connectivity index (χ1n) is 21.3. The molecule has 2 atom stereocenters. The van der Waals surface area contributed by atoms with Crippen LogP contribution in [-0.2, 0) is 47.9 Å². The lowest BCUT2D eigenvalue weighted by Gasteiger charge is -2.38. The average molecular weight is 889 g/mol. The Morgan fingerprint density at radius 2 is 1.33 bits per heavy atom. The van der Waals surface area contributed by atoms with Gasteiger partial charge in [0.25, 0.3) is 0 Å². The van der Waals surface area contributed by atoms with Crippen molar-refractivity contribution in [3.05, 3.63) is 53.6 Å². The van der Waals surface area contributed by atoms with Crippen molar-refractivity contribution in [2.24, 2.45) is 0 Å². The average Bonchev–Trinajstić information content (AvgIpc) is 4.00. The first-order chi connectivity index (χ1) is 31.1. The lowest BCUT2D eigenvalue weighted by Crippen LogP contribution is -2.52.